The van der Waals surface area contributed by atoms with Crippen molar-refractivity contribution in [2.24, 2.45) is 5.92 Å². The molecule has 0 saturated heterocycles. The minimum Gasteiger partial charge on any atom is -0.480 e. The number of rotatable bonds is 9. The highest BCUT2D eigenvalue weighted by molar-refractivity contribution is 5.83. The second kappa shape index (κ2) is 9.03. The van der Waals surface area contributed by atoms with E-state index in [0.29, 0.717) is 6.42 Å². The Balaban J connectivity index is 4.29. The lowest BCUT2D eigenvalue weighted by Gasteiger charge is -2.34. The van der Waals surface area contributed by atoms with Crippen molar-refractivity contribution in [3.8, 4) is 0 Å². The fourth-order valence-corrected chi connectivity index (χ4v) is 2.33. The van der Waals surface area contributed by atoms with Gasteiger partial charge in [-0.05, 0) is 46.2 Å². The van der Waals surface area contributed by atoms with Gasteiger partial charge in [-0.25, -0.2) is 4.79 Å². The highest BCUT2D eigenvalue weighted by atomic mass is 16.4. The van der Waals surface area contributed by atoms with Gasteiger partial charge in [0.25, 0.3) is 0 Å². The highest BCUT2D eigenvalue weighted by Crippen LogP contribution is 2.14. The first-order valence-corrected chi connectivity index (χ1v) is 7.90. The molecule has 0 aromatic heterocycles. The van der Waals surface area contributed by atoms with E-state index in [2.05, 4.69) is 37.9 Å². The van der Waals surface area contributed by atoms with Crippen molar-refractivity contribution in [3.05, 3.63) is 0 Å². The SMILES string of the molecule is CCC(C)C(NC(=O)CCCN(CC)C(C)(C)C)C(=O)O. The van der Waals surface area contributed by atoms with E-state index < -0.39 is 12.0 Å². The van der Waals surface area contributed by atoms with Crippen molar-refractivity contribution in [2.45, 2.75) is 72.4 Å². The molecule has 0 aromatic rings. The second-order valence-electron chi connectivity index (χ2n) is 6.62. The summed E-state index contributed by atoms with van der Waals surface area (Å²) in [5.74, 6) is -1.19. The molecule has 0 radical (unpaired) electrons. The smallest absolute Gasteiger partial charge is 0.326 e. The molecule has 0 rings (SSSR count). The average molecular weight is 300 g/mol. The van der Waals surface area contributed by atoms with E-state index >= 15 is 0 Å². The highest BCUT2D eigenvalue weighted by Gasteiger charge is 2.25. The average Bonchev–Trinajstić information content (AvgIpc) is 2.38. The molecular formula is C16H32N2O3. The van der Waals surface area contributed by atoms with Crippen molar-refractivity contribution >= 4 is 11.9 Å². The summed E-state index contributed by atoms with van der Waals surface area (Å²) >= 11 is 0. The molecule has 0 aliphatic rings. The maximum absolute atomic E-state index is 11.9. The van der Waals surface area contributed by atoms with E-state index in [9.17, 15) is 9.59 Å². The third kappa shape index (κ3) is 7.46. The van der Waals surface area contributed by atoms with Crippen molar-refractivity contribution in [3.63, 3.8) is 0 Å². The summed E-state index contributed by atoms with van der Waals surface area (Å²) in [6.45, 7) is 14.1. The maximum Gasteiger partial charge on any atom is 0.326 e. The van der Waals surface area contributed by atoms with Gasteiger partial charge >= 0.3 is 5.97 Å². The largest absolute Gasteiger partial charge is 0.480 e. The Morgan fingerprint density at radius 2 is 1.81 bits per heavy atom. The van der Waals surface area contributed by atoms with Gasteiger partial charge in [0, 0.05) is 12.0 Å². The molecule has 21 heavy (non-hydrogen) atoms. The van der Waals surface area contributed by atoms with E-state index in [-0.39, 0.29) is 17.4 Å². The number of hydrogen-bond acceptors (Lipinski definition) is 3. The lowest BCUT2D eigenvalue weighted by molar-refractivity contribution is -0.143. The quantitative estimate of drug-likeness (QED) is 0.686. The van der Waals surface area contributed by atoms with Crippen LogP contribution in [0.5, 0.6) is 0 Å². The standard InChI is InChI=1S/C16H32N2O3/c1-7-12(3)14(15(20)21)17-13(19)10-9-11-18(8-2)16(4,5)6/h12,14H,7-11H2,1-6H3,(H,17,19)(H,20,21). The van der Waals surface area contributed by atoms with E-state index in [4.69, 9.17) is 5.11 Å². The van der Waals surface area contributed by atoms with Crippen molar-refractivity contribution in [2.75, 3.05) is 13.1 Å². The summed E-state index contributed by atoms with van der Waals surface area (Å²) in [6.07, 6.45) is 1.83. The van der Waals surface area contributed by atoms with E-state index in [1.807, 2.05) is 13.8 Å². The number of nitrogens with one attached hydrogen (secondary N) is 1. The Morgan fingerprint density at radius 3 is 2.19 bits per heavy atom. The van der Waals surface area contributed by atoms with Gasteiger partial charge in [0.05, 0.1) is 0 Å². The van der Waals surface area contributed by atoms with Gasteiger partial charge < -0.3 is 10.4 Å². The van der Waals surface area contributed by atoms with Gasteiger partial charge in [0.15, 0.2) is 0 Å². The number of carboxylic acids is 1. The molecule has 0 heterocycles. The van der Waals surface area contributed by atoms with Crippen molar-refractivity contribution < 1.29 is 14.7 Å². The summed E-state index contributed by atoms with van der Waals surface area (Å²) in [4.78, 5) is 25.4. The lowest BCUT2D eigenvalue weighted by Crippen LogP contribution is -2.45. The normalized spacial score (nSPS) is 14.8. The Labute approximate surface area is 129 Å². The zero-order chi connectivity index (χ0) is 16.6. The molecule has 0 spiro atoms. The monoisotopic (exact) mass is 300 g/mol. The Morgan fingerprint density at radius 1 is 1.24 bits per heavy atom. The zero-order valence-electron chi connectivity index (χ0n) is 14.4. The van der Waals surface area contributed by atoms with Crippen LogP contribution in [0.15, 0.2) is 0 Å². The van der Waals surface area contributed by atoms with Gasteiger partial charge in [-0.3, -0.25) is 9.69 Å². The molecule has 5 nitrogen and oxygen atoms in total. The van der Waals surface area contributed by atoms with Gasteiger partial charge in [0.2, 0.25) is 5.91 Å². The fraction of sp³-hybridized carbons (Fsp3) is 0.875. The van der Waals surface area contributed by atoms with Gasteiger partial charge in [-0.1, -0.05) is 27.2 Å². The third-order valence-electron chi connectivity index (χ3n) is 3.96. The van der Waals surface area contributed by atoms with Crippen LogP contribution in [0.3, 0.4) is 0 Å². The topological polar surface area (TPSA) is 69.6 Å². The molecule has 5 heteroatoms. The van der Waals surface area contributed by atoms with Crippen molar-refractivity contribution in [1.29, 1.82) is 0 Å². The van der Waals surface area contributed by atoms with Crippen LogP contribution in [-0.2, 0) is 9.59 Å². The Kier molecular flexibility index (Phi) is 8.55. The molecule has 0 aromatic carbocycles. The number of aliphatic carboxylic acids is 1. The van der Waals surface area contributed by atoms with Gasteiger partial charge in [-0.2, -0.15) is 0 Å². The van der Waals surface area contributed by atoms with E-state index in [1.165, 1.54) is 0 Å². The molecule has 1 amide bonds. The molecule has 0 fully saturated rings. The number of amides is 1. The number of carbonyl (C=O) groups is 2. The van der Waals surface area contributed by atoms with E-state index in [0.717, 1.165) is 25.9 Å². The van der Waals surface area contributed by atoms with Gasteiger partial charge in [-0.15, -0.1) is 0 Å². The van der Waals surface area contributed by atoms with Crippen LogP contribution in [0.2, 0.25) is 0 Å². The molecule has 0 bridgehead atoms. The predicted octanol–water partition coefficient (Wildman–Crippen LogP) is 2.50. The summed E-state index contributed by atoms with van der Waals surface area (Å²) in [5.41, 5.74) is 0.0888. The summed E-state index contributed by atoms with van der Waals surface area (Å²) in [7, 11) is 0. The minimum absolute atomic E-state index is 0.0619. The fourth-order valence-electron chi connectivity index (χ4n) is 2.33. The van der Waals surface area contributed by atoms with E-state index in [1.54, 1.807) is 0 Å². The molecule has 0 aliphatic carbocycles. The number of carboxylic acid groups (broad SMARTS) is 1. The van der Waals surface area contributed by atoms with Crippen LogP contribution in [0, 0.1) is 5.92 Å². The van der Waals surface area contributed by atoms with Crippen LogP contribution in [0.1, 0.15) is 60.8 Å². The minimum atomic E-state index is -0.956. The molecule has 2 unspecified atom stereocenters. The van der Waals surface area contributed by atoms with Crippen LogP contribution >= 0.6 is 0 Å². The number of hydrogen-bond donors (Lipinski definition) is 2. The summed E-state index contributed by atoms with van der Waals surface area (Å²) < 4.78 is 0. The molecule has 0 aliphatic heterocycles. The Bertz CT molecular complexity index is 337. The molecule has 124 valence electrons. The zero-order valence-corrected chi connectivity index (χ0v) is 14.4. The van der Waals surface area contributed by atoms with Crippen LogP contribution < -0.4 is 5.32 Å². The second-order valence-corrected chi connectivity index (χ2v) is 6.62. The first-order valence-electron chi connectivity index (χ1n) is 7.90. The van der Waals surface area contributed by atoms with Crippen molar-refractivity contribution in [1.82, 2.24) is 10.2 Å². The molecular weight excluding hydrogens is 268 g/mol. The van der Waals surface area contributed by atoms with Crippen LogP contribution in [0.25, 0.3) is 0 Å². The molecule has 2 N–H and O–H groups in total. The van der Waals surface area contributed by atoms with Crippen LogP contribution in [-0.4, -0.2) is 46.6 Å². The lowest BCUT2D eigenvalue weighted by atomic mass is 9.99. The Hall–Kier alpha value is -1.10. The van der Waals surface area contributed by atoms with Crippen LogP contribution in [0.4, 0.5) is 0 Å². The number of carbonyl (C=O) groups excluding carboxylic acids is 1. The predicted molar refractivity (Wildman–Crippen MR) is 85.3 cm³/mol. The maximum atomic E-state index is 11.9. The molecule has 2 atom stereocenters. The first kappa shape index (κ1) is 19.9. The number of nitrogens with zero attached hydrogens (tertiary/aromatic N) is 1. The summed E-state index contributed by atoms with van der Waals surface area (Å²) in [5, 5.41) is 11.8. The van der Waals surface area contributed by atoms with Gasteiger partial charge in [0.1, 0.15) is 6.04 Å². The third-order valence-corrected chi connectivity index (χ3v) is 3.96. The summed E-state index contributed by atoms with van der Waals surface area (Å²) in [6, 6.07) is -0.785. The first-order chi connectivity index (χ1) is 9.63. The molecule has 0 saturated carbocycles.